The van der Waals surface area contributed by atoms with Gasteiger partial charge in [0.25, 0.3) is 0 Å². The molecule has 7 heavy (non-hydrogen) atoms. The average Bonchev–Trinajstić information content (AvgIpc) is 1.35. The third-order valence-corrected chi connectivity index (χ3v) is 0.226. The third kappa shape index (κ3) is 10.8. The van der Waals surface area contributed by atoms with Crippen molar-refractivity contribution in [1.82, 2.24) is 0 Å². The van der Waals surface area contributed by atoms with Crippen LogP contribution in [-0.2, 0) is 14.9 Å². The van der Waals surface area contributed by atoms with Gasteiger partial charge < -0.3 is 2.85 Å². The molecular formula is H2F2MgO3S. The predicted octanol–water partition coefficient (Wildman–Crippen LogP) is -0.0540. The zero-order chi connectivity index (χ0) is 5.21. The van der Waals surface area contributed by atoms with Crippen molar-refractivity contribution in [3.8, 4) is 0 Å². The van der Waals surface area contributed by atoms with Crippen LogP contribution < -0.4 is 0 Å². The number of hydrogen-bond acceptors (Lipinski definition) is 3. The molecule has 0 atom stereocenters. The molecule has 0 spiro atoms. The van der Waals surface area contributed by atoms with Gasteiger partial charge in [0.2, 0.25) is 0 Å². The Morgan fingerprint density at radius 2 is 1.71 bits per heavy atom. The molecule has 0 radical (unpaired) electrons. The minimum Gasteiger partial charge on any atom is -1.00 e. The van der Waals surface area contributed by atoms with Gasteiger partial charge in [0.15, 0.2) is 0 Å². The van der Waals surface area contributed by atoms with Crippen LogP contribution in [0.2, 0.25) is 0 Å². The number of hydrogen-bond donors (Lipinski definition) is 0. The molecule has 0 fully saturated rings. The normalized spacial score (nSPS) is 10.0. The van der Waals surface area contributed by atoms with E-state index in [1.807, 2.05) is 0 Å². The summed E-state index contributed by atoms with van der Waals surface area (Å²) < 4.78 is 39.7. The summed E-state index contributed by atoms with van der Waals surface area (Å²) in [5, 5.41) is 0. The fourth-order valence-corrected chi connectivity index (χ4v) is 0. The van der Waals surface area contributed by atoms with Crippen LogP contribution in [0.25, 0.3) is 0 Å². The fourth-order valence-electron chi connectivity index (χ4n) is 0. The Morgan fingerprint density at radius 3 is 1.71 bits per heavy atom. The van der Waals surface area contributed by atoms with E-state index in [0.717, 1.165) is 0 Å². The molecule has 0 aliphatic heterocycles. The van der Waals surface area contributed by atoms with E-state index in [9.17, 15) is 8.41 Å². The van der Waals surface area contributed by atoms with Crippen LogP contribution in [0.1, 0.15) is 2.85 Å². The Hall–Kier alpha value is 0.536. The maximum absolute atomic E-state index is 10.5. The van der Waals surface area contributed by atoms with Crippen LogP contribution in [-0.4, -0.2) is 31.5 Å². The van der Waals surface area contributed by atoms with E-state index in [0.29, 0.717) is 0 Å². The average molecular weight is 144 g/mol. The van der Waals surface area contributed by atoms with Crippen molar-refractivity contribution in [1.29, 1.82) is 0 Å². The van der Waals surface area contributed by atoms with Crippen LogP contribution in [0, 0.1) is 0 Å². The minimum absolute atomic E-state index is 0. The quantitative estimate of drug-likeness (QED) is 0.383. The minimum atomic E-state index is -5.33. The van der Waals surface area contributed by atoms with Gasteiger partial charge in [-0.15, -0.1) is 0 Å². The summed E-state index contributed by atoms with van der Waals surface area (Å²) in [7, 11) is -5.33. The van der Waals surface area contributed by atoms with Gasteiger partial charge in [-0.2, -0.15) is 8.42 Å². The fraction of sp³-hybridized carbons (Fsp3) is 0. The van der Waals surface area contributed by atoms with Crippen LogP contribution in [0.4, 0.5) is 8.41 Å². The van der Waals surface area contributed by atoms with Crippen molar-refractivity contribution < 1.29 is 24.1 Å². The van der Waals surface area contributed by atoms with Gasteiger partial charge in [-0.05, 0) is 8.91 Å². The van der Waals surface area contributed by atoms with Crippen molar-refractivity contribution in [2.45, 2.75) is 0 Å². The van der Waals surface area contributed by atoms with Crippen LogP contribution in [0.5, 0.6) is 0 Å². The summed E-state index contributed by atoms with van der Waals surface area (Å²) in [6.07, 6.45) is 0. The first-order valence-corrected chi connectivity index (χ1v) is 2.12. The Labute approximate surface area is 58.1 Å². The SMILES string of the molecule is O=S(=O)(F)OF.[H-].[H-].[Mg+2]. The predicted molar refractivity (Wildman–Crippen MR) is 20.2 cm³/mol. The molecule has 0 saturated carbocycles. The molecule has 42 valence electrons. The second kappa shape index (κ2) is 3.53. The monoisotopic (exact) mass is 144 g/mol. The zero-order valence-corrected chi connectivity index (χ0v) is 5.33. The molecule has 0 aliphatic rings. The molecule has 0 aromatic rings. The Bertz CT molecular complexity index is 122. The summed E-state index contributed by atoms with van der Waals surface area (Å²) in [6, 6.07) is 0. The Kier molecular flexibility index (Phi) is 5.29. The second-order valence-electron chi connectivity index (χ2n) is 0.456. The Morgan fingerprint density at radius 1 is 1.57 bits per heavy atom. The van der Waals surface area contributed by atoms with Gasteiger partial charge in [-0.1, -0.05) is 3.89 Å². The van der Waals surface area contributed by atoms with Crippen molar-refractivity contribution in [2.24, 2.45) is 0 Å². The van der Waals surface area contributed by atoms with E-state index in [2.05, 4.69) is 0 Å². The van der Waals surface area contributed by atoms with E-state index in [-0.39, 0.29) is 25.9 Å². The van der Waals surface area contributed by atoms with Crippen molar-refractivity contribution >= 4 is 33.6 Å². The van der Waals surface area contributed by atoms with Crippen molar-refractivity contribution in [3.05, 3.63) is 0 Å². The molecule has 0 unspecified atom stereocenters. The smallest absolute Gasteiger partial charge is 1.00 e. The summed E-state index contributed by atoms with van der Waals surface area (Å²) in [5.74, 6) is 0. The van der Waals surface area contributed by atoms with E-state index >= 15 is 0 Å². The summed E-state index contributed by atoms with van der Waals surface area (Å²) in [6.45, 7) is 0. The Balaban J connectivity index is -0.0000000417. The topological polar surface area (TPSA) is 43.4 Å². The second-order valence-corrected chi connectivity index (χ2v) is 1.37. The van der Waals surface area contributed by atoms with E-state index < -0.39 is 10.5 Å². The standard InChI is InChI=1S/F2O3S.Mg.2H/c1-5-6(2,3)4;;;/q;+2;2*-1. The van der Waals surface area contributed by atoms with Crippen molar-refractivity contribution in [3.63, 3.8) is 0 Å². The molecule has 0 aromatic heterocycles. The molecule has 0 heterocycles. The van der Waals surface area contributed by atoms with E-state index in [1.165, 1.54) is 0 Å². The molecule has 0 amide bonds. The molecule has 0 bridgehead atoms. The van der Waals surface area contributed by atoms with Gasteiger partial charge in [-0.25, -0.2) is 0 Å². The summed E-state index contributed by atoms with van der Waals surface area (Å²) >= 11 is 0. The molecule has 7 heteroatoms. The molecule has 0 aromatic carbocycles. The van der Waals surface area contributed by atoms with Crippen molar-refractivity contribution in [2.75, 3.05) is 0 Å². The number of halogens is 2. The van der Waals surface area contributed by atoms with E-state index in [1.54, 1.807) is 4.39 Å². The summed E-state index contributed by atoms with van der Waals surface area (Å²) in [5.41, 5.74) is 0. The van der Waals surface area contributed by atoms with E-state index in [4.69, 9.17) is 8.42 Å². The molecule has 0 saturated heterocycles. The summed E-state index contributed by atoms with van der Waals surface area (Å²) in [4.78, 5) is 0. The first kappa shape index (κ1) is 10.5. The maximum Gasteiger partial charge on any atom is 2.00 e. The third-order valence-electron chi connectivity index (χ3n) is 0.0752. The molecular weight excluding hydrogens is 142 g/mol. The molecule has 0 rings (SSSR count). The van der Waals surface area contributed by atoms with Crippen LogP contribution in [0.15, 0.2) is 0 Å². The largest absolute Gasteiger partial charge is 2.00 e. The number of rotatable bonds is 1. The molecule has 3 nitrogen and oxygen atoms in total. The first-order chi connectivity index (χ1) is 2.56. The van der Waals surface area contributed by atoms with Gasteiger partial charge in [-0.3, -0.25) is 0 Å². The van der Waals surface area contributed by atoms with Gasteiger partial charge in [0, 0.05) is 0 Å². The maximum atomic E-state index is 10.5. The van der Waals surface area contributed by atoms with Gasteiger partial charge >= 0.3 is 33.6 Å². The van der Waals surface area contributed by atoms with Crippen LogP contribution in [0.3, 0.4) is 0 Å². The van der Waals surface area contributed by atoms with Gasteiger partial charge in [0.1, 0.15) is 0 Å². The van der Waals surface area contributed by atoms with Gasteiger partial charge in [0.05, 0.1) is 0 Å². The molecule has 0 N–H and O–H groups in total. The molecule has 0 aliphatic carbocycles. The van der Waals surface area contributed by atoms with Crippen LogP contribution >= 0.6 is 0 Å². The zero-order valence-electron chi connectivity index (χ0n) is 5.10. The first-order valence-electron chi connectivity index (χ1n) is 0.809.